The van der Waals surface area contributed by atoms with Gasteiger partial charge in [-0.2, -0.15) is 0 Å². The zero-order chi connectivity index (χ0) is 11.4. The molecule has 1 N–H and O–H groups in total. The van der Waals surface area contributed by atoms with Crippen molar-refractivity contribution in [2.75, 3.05) is 13.1 Å². The quantitative estimate of drug-likeness (QED) is 0.649. The minimum Gasteiger partial charge on any atom is -0.344 e. The molecule has 1 rings (SSSR count). The topological polar surface area (TPSA) is 49.4 Å². The minimum atomic E-state index is -0.437. The fraction of sp³-hybridized carbons (Fsp3) is 0.636. The molecule has 0 aromatic heterocycles. The van der Waals surface area contributed by atoms with Crippen molar-refractivity contribution in [3.05, 3.63) is 0 Å². The van der Waals surface area contributed by atoms with Crippen molar-refractivity contribution in [2.24, 2.45) is 5.92 Å². The van der Waals surface area contributed by atoms with Crippen LogP contribution in [0, 0.1) is 18.3 Å². The molecule has 0 radical (unpaired) electrons. The summed E-state index contributed by atoms with van der Waals surface area (Å²) in [6, 6.07) is -0.437. The molecule has 1 heterocycles. The van der Waals surface area contributed by atoms with E-state index >= 15 is 0 Å². The molecule has 1 fully saturated rings. The number of nitrogens with zero attached hydrogens (tertiary/aromatic N) is 1. The van der Waals surface area contributed by atoms with Gasteiger partial charge in [0.15, 0.2) is 0 Å². The Hall–Kier alpha value is -1.50. The van der Waals surface area contributed by atoms with Crippen LogP contribution >= 0.6 is 0 Å². The maximum atomic E-state index is 11.9. The largest absolute Gasteiger partial charge is 0.344 e. The lowest BCUT2D eigenvalue weighted by molar-refractivity contribution is -0.134. The average molecular weight is 208 g/mol. The molecule has 1 aliphatic heterocycles. The Balaban J connectivity index is 2.83. The molecule has 15 heavy (non-hydrogen) atoms. The second-order valence-corrected chi connectivity index (χ2v) is 4.00. The zero-order valence-corrected chi connectivity index (χ0v) is 9.12. The molecule has 1 aliphatic rings. The van der Waals surface area contributed by atoms with Crippen molar-refractivity contribution < 1.29 is 9.59 Å². The van der Waals surface area contributed by atoms with E-state index in [0.717, 1.165) is 0 Å². The van der Waals surface area contributed by atoms with Crippen molar-refractivity contribution >= 4 is 11.8 Å². The van der Waals surface area contributed by atoms with Gasteiger partial charge in [-0.1, -0.05) is 19.8 Å². The fourth-order valence-corrected chi connectivity index (χ4v) is 1.57. The molecular weight excluding hydrogens is 192 g/mol. The Morgan fingerprint density at radius 1 is 1.60 bits per heavy atom. The van der Waals surface area contributed by atoms with Crippen molar-refractivity contribution in [2.45, 2.75) is 26.3 Å². The summed E-state index contributed by atoms with van der Waals surface area (Å²) in [5.74, 6) is 2.36. The summed E-state index contributed by atoms with van der Waals surface area (Å²) in [6.07, 6.45) is 5.51. The van der Waals surface area contributed by atoms with Crippen LogP contribution in [-0.2, 0) is 9.59 Å². The van der Waals surface area contributed by atoms with Crippen molar-refractivity contribution in [1.29, 1.82) is 0 Å². The Morgan fingerprint density at radius 2 is 2.27 bits per heavy atom. The van der Waals surface area contributed by atoms with Crippen LogP contribution < -0.4 is 5.32 Å². The third-order valence-corrected chi connectivity index (χ3v) is 2.45. The molecule has 82 valence electrons. The van der Waals surface area contributed by atoms with Gasteiger partial charge in [-0.3, -0.25) is 9.59 Å². The Kier molecular flexibility index (Phi) is 3.73. The average Bonchev–Trinajstić information content (AvgIpc) is 2.31. The number of terminal acetylenes is 1. The number of carbonyl (C=O) groups excluding carboxylic acids is 2. The highest BCUT2D eigenvalue weighted by molar-refractivity contribution is 5.90. The second kappa shape index (κ2) is 4.83. The lowest BCUT2D eigenvalue weighted by Gasteiger charge is -2.24. The Bertz CT molecular complexity index is 304. The highest BCUT2D eigenvalue weighted by Crippen LogP contribution is 2.10. The van der Waals surface area contributed by atoms with Gasteiger partial charge in [0.05, 0.1) is 6.54 Å². The van der Waals surface area contributed by atoms with Gasteiger partial charge >= 0.3 is 0 Å². The zero-order valence-electron chi connectivity index (χ0n) is 9.12. The molecule has 0 aromatic rings. The maximum Gasteiger partial charge on any atom is 0.246 e. The predicted molar refractivity (Wildman–Crippen MR) is 56.8 cm³/mol. The molecule has 4 nitrogen and oxygen atoms in total. The van der Waals surface area contributed by atoms with Crippen LogP contribution in [0.1, 0.15) is 20.3 Å². The Morgan fingerprint density at radius 3 is 2.80 bits per heavy atom. The molecule has 1 atom stereocenters. The number of hydrogen-bond acceptors (Lipinski definition) is 2. The highest BCUT2D eigenvalue weighted by Gasteiger charge is 2.31. The number of amides is 2. The van der Waals surface area contributed by atoms with Gasteiger partial charge in [-0.25, -0.2) is 0 Å². The van der Waals surface area contributed by atoms with Gasteiger partial charge in [0, 0.05) is 13.0 Å². The molecule has 1 saturated heterocycles. The van der Waals surface area contributed by atoms with Crippen LogP contribution in [0.25, 0.3) is 0 Å². The van der Waals surface area contributed by atoms with Gasteiger partial charge < -0.3 is 10.2 Å². The second-order valence-electron chi connectivity index (χ2n) is 4.00. The van der Waals surface area contributed by atoms with E-state index in [1.807, 2.05) is 13.8 Å². The highest BCUT2D eigenvalue weighted by atomic mass is 16.2. The summed E-state index contributed by atoms with van der Waals surface area (Å²) in [5.41, 5.74) is 0. The minimum absolute atomic E-state index is 0.0752. The van der Waals surface area contributed by atoms with Crippen LogP contribution in [0.2, 0.25) is 0 Å². The lowest BCUT2D eigenvalue weighted by atomic mass is 10.0. The number of hydrogen-bond donors (Lipinski definition) is 1. The molecular formula is C11H16N2O2. The van der Waals surface area contributed by atoms with Crippen LogP contribution in [0.5, 0.6) is 0 Å². The van der Waals surface area contributed by atoms with Crippen molar-refractivity contribution in [3.63, 3.8) is 0 Å². The Labute approximate surface area is 90.0 Å². The van der Waals surface area contributed by atoms with Gasteiger partial charge in [-0.15, -0.1) is 6.42 Å². The number of nitrogens with one attached hydrogen (secondary N) is 1. The third kappa shape index (κ3) is 2.72. The lowest BCUT2D eigenvalue weighted by Crippen LogP contribution is -2.47. The standard InChI is InChI=1S/C11H16N2O2/c1-4-6-13-7-5-9(14)12-10(8(2)3)11(13)15/h1,8,10H,5-7H2,2-3H3,(H,12,14). The van der Waals surface area contributed by atoms with Gasteiger partial charge in [0.1, 0.15) is 6.04 Å². The van der Waals surface area contributed by atoms with Crippen LogP contribution in [0.4, 0.5) is 0 Å². The first kappa shape index (κ1) is 11.6. The summed E-state index contributed by atoms with van der Waals surface area (Å²) in [5, 5.41) is 2.72. The normalized spacial score (nSPS) is 22.3. The smallest absolute Gasteiger partial charge is 0.246 e. The molecule has 2 amide bonds. The molecule has 1 unspecified atom stereocenters. The van der Waals surface area contributed by atoms with E-state index in [2.05, 4.69) is 11.2 Å². The van der Waals surface area contributed by atoms with E-state index in [4.69, 9.17) is 6.42 Å². The van der Waals surface area contributed by atoms with Crippen molar-refractivity contribution in [1.82, 2.24) is 10.2 Å². The third-order valence-electron chi connectivity index (χ3n) is 2.45. The van der Waals surface area contributed by atoms with E-state index in [0.29, 0.717) is 13.0 Å². The van der Waals surface area contributed by atoms with E-state index in [1.165, 1.54) is 0 Å². The predicted octanol–water partition coefficient (Wildman–Crippen LogP) is -0.00730. The van der Waals surface area contributed by atoms with Gasteiger partial charge in [0.25, 0.3) is 0 Å². The van der Waals surface area contributed by atoms with Crippen LogP contribution in [0.3, 0.4) is 0 Å². The first-order valence-electron chi connectivity index (χ1n) is 5.08. The monoisotopic (exact) mass is 208 g/mol. The van der Waals surface area contributed by atoms with Crippen LogP contribution in [-0.4, -0.2) is 35.8 Å². The summed E-state index contributed by atoms with van der Waals surface area (Å²) < 4.78 is 0. The molecule has 0 bridgehead atoms. The van der Waals surface area contributed by atoms with E-state index in [9.17, 15) is 9.59 Å². The van der Waals surface area contributed by atoms with Gasteiger partial charge in [-0.05, 0) is 5.92 Å². The summed E-state index contributed by atoms with van der Waals surface area (Å²) in [6.45, 7) is 4.50. The molecule has 0 spiro atoms. The van der Waals surface area contributed by atoms with E-state index < -0.39 is 6.04 Å². The molecule has 0 aliphatic carbocycles. The van der Waals surface area contributed by atoms with Gasteiger partial charge in [0.2, 0.25) is 11.8 Å². The number of carbonyl (C=O) groups is 2. The maximum absolute atomic E-state index is 11.9. The van der Waals surface area contributed by atoms with E-state index in [1.54, 1.807) is 4.90 Å². The first-order valence-corrected chi connectivity index (χ1v) is 5.08. The molecule has 0 aromatic carbocycles. The summed E-state index contributed by atoms with van der Waals surface area (Å²) >= 11 is 0. The molecule has 0 saturated carbocycles. The van der Waals surface area contributed by atoms with E-state index in [-0.39, 0.29) is 24.3 Å². The number of rotatable bonds is 2. The SMILES string of the molecule is C#CCN1CCC(=O)NC(C(C)C)C1=O. The summed E-state index contributed by atoms with van der Waals surface area (Å²) in [7, 11) is 0. The van der Waals surface area contributed by atoms with Crippen molar-refractivity contribution in [3.8, 4) is 12.3 Å². The fourth-order valence-electron chi connectivity index (χ4n) is 1.57. The summed E-state index contributed by atoms with van der Waals surface area (Å²) in [4.78, 5) is 24.8. The molecule has 4 heteroatoms. The first-order chi connectivity index (χ1) is 7.06. The van der Waals surface area contributed by atoms with Crippen LogP contribution in [0.15, 0.2) is 0 Å².